The predicted octanol–water partition coefficient (Wildman–Crippen LogP) is 3.33. The van der Waals surface area contributed by atoms with Crippen molar-refractivity contribution in [2.45, 2.75) is 32.5 Å². The van der Waals surface area contributed by atoms with Crippen molar-refractivity contribution in [1.82, 2.24) is 5.32 Å². The molecule has 1 rings (SSSR count). The lowest BCUT2D eigenvalue weighted by Crippen LogP contribution is -2.41. The van der Waals surface area contributed by atoms with E-state index < -0.39 is 29.7 Å². The van der Waals surface area contributed by atoms with Gasteiger partial charge in [-0.15, -0.1) is 0 Å². The van der Waals surface area contributed by atoms with Crippen LogP contribution < -0.4 is 5.32 Å². The first-order valence-electron chi connectivity index (χ1n) is 6.84. The Morgan fingerprint density at radius 2 is 1.78 bits per heavy atom. The average molecular weight is 329 g/mol. The molecule has 0 spiro atoms. The molecule has 1 N–H and O–H groups in total. The number of halogens is 3. The minimum Gasteiger partial charge on any atom is -0.467 e. The maximum absolute atomic E-state index is 12.5. The van der Waals surface area contributed by atoms with E-state index in [4.69, 9.17) is 0 Å². The Labute approximate surface area is 132 Å². The minimum absolute atomic E-state index is 0.0316. The molecule has 4 nitrogen and oxygen atoms in total. The zero-order chi connectivity index (χ0) is 17.6. The first kappa shape index (κ1) is 18.7. The fourth-order valence-corrected chi connectivity index (χ4v) is 1.76. The minimum atomic E-state index is -4.47. The highest BCUT2D eigenvalue weighted by molar-refractivity contribution is 5.96. The lowest BCUT2D eigenvalue weighted by atomic mass is 10.1. The van der Waals surface area contributed by atoms with Crippen LogP contribution in [-0.4, -0.2) is 25.0 Å². The van der Waals surface area contributed by atoms with Crippen LogP contribution in [-0.2, 0) is 15.7 Å². The van der Waals surface area contributed by atoms with E-state index in [9.17, 15) is 22.8 Å². The van der Waals surface area contributed by atoms with Crippen molar-refractivity contribution in [3.05, 3.63) is 47.0 Å². The third-order valence-electron chi connectivity index (χ3n) is 3.03. The quantitative estimate of drug-likeness (QED) is 0.666. The van der Waals surface area contributed by atoms with Crippen LogP contribution in [0.4, 0.5) is 13.2 Å². The van der Waals surface area contributed by atoms with Gasteiger partial charge in [0.25, 0.3) is 5.91 Å². The fourth-order valence-electron chi connectivity index (χ4n) is 1.76. The van der Waals surface area contributed by atoms with Crippen molar-refractivity contribution in [2.24, 2.45) is 0 Å². The van der Waals surface area contributed by atoms with Gasteiger partial charge in [0, 0.05) is 5.56 Å². The molecule has 0 aliphatic heterocycles. The summed E-state index contributed by atoms with van der Waals surface area (Å²) in [6.45, 7) is 3.68. The Morgan fingerprint density at radius 3 is 2.22 bits per heavy atom. The number of methoxy groups -OCH3 is 1. The summed E-state index contributed by atoms with van der Waals surface area (Å²) in [5.74, 6) is -1.26. The average Bonchev–Trinajstić information content (AvgIpc) is 2.49. The lowest BCUT2D eigenvalue weighted by Gasteiger charge is -2.15. The molecule has 0 aliphatic carbocycles. The number of allylic oxidation sites excluding steroid dienone is 1. The van der Waals surface area contributed by atoms with Gasteiger partial charge >= 0.3 is 12.1 Å². The molecule has 0 saturated heterocycles. The third kappa shape index (κ3) is 5.77. The Balaban J connectivity index is 2.86. The lowest BCUT2D eigenvalue weighted by molar-refractivity contribution is -0.142. The van der Waals surface area contributed by atoms with Gasteiger partial charge in [-0.2, -0.15) is 13.2 Å². The highest BCUT2D eigenvalue weighted by Gasteiger charge is 2.30. The van der Waals surface area contributed by atoms with Gasteiger partial charge in [-0.1, -0.05) is 11.6 Å². The molecule has 0 fully saturated rings. The number of hydrogen-bond acceptors (Lipinski definition) is 3. The standard InChI is InChI=1S/C16H18F3NO3/c1-10(2)4-9-13(15(22)23-3)20-14(21)11-5-7-12(8-6-11)16(17,18)19/h4-8,13H,9H2,1-3H3,(H,20,21)/t13-/m0/s1. The van der Waals surface area contributed by atoms with E-state index in [1.54, 1.807) is 6.08 Å². The number of rotatable bonds is 5. The summed E-state index contributed by atoms with van der Waals surface area (Å²) < 4.78 is 42.1. The number of alkyl halides is 3. The Morgan fingerprint density at radius 1 is 1.22 bits per heavy atom. The van der Waals surface area contributed by atoms with Crippen LogP contribution in [0.15, 0.2) is 35.9 Å². The van der Waals surface area contributed by atoms with E-state index in [1.165, 1.54) is 7.11 Å². The van der Waals surface area contributed by atoms with Crippen molar-refractivity contribution < 1.29 is 27.5 Å². The van der Waals surface area contributed by atoms with Crippen LogP contribution in [0.3, 0.4) is 0 Å². The first-order valence-corrected chi connectivity index (χ1v) is 6.84. The number of carbonyl (C=O) groups excluding carboxylic acids is 2. The Bertz CT molecular complexity index is 588. The van der Waals surface area contributed by atoms with Gasteiger partial charge in [0.15, 0.2) is 0 Å². The van der Waals surface area contributed by atoms with Crippen LogP contribution in [0.1, 0.15) is 36.2 Å². The molecule has 0 radical (unpaired) electrons. The van der Waals surface area contributed by atoms with E-state index in [2.05, 4.69) is 10.1 Å². The topological polar surface area (TPSA) is 55.4 Å². The molecule has 1 aromatic rings. The molecule has 0 unspecified atom stereocenters. The van der Waals surface area contributed by atoms with Gasteiger partial charge in [-0.3, -0.25) is 4.79 Å². The predicted molar refractivity (Wildman–Crippen MR) is 78.8 cm³/mol. The number of carbonyl (C=O) groups is 2. The summed E-state index contributed by atoms with van der Waals surface area (Å²) in [7, 11) is 1.20. The molecule has 0 bridgehead atoms. The number of benzene rings is 1. The van der Waals surface area contributed by atoms with Gasteiger partial charge in [-0.25, -0.2) is 4.79 Å². The van der Waals surface area contributed by atoms with Crippen molar-refractivity contribution in [1.29, 1.82) is 0 Å². The zero-order valence-corrected chi connectivity index (χ0v) is 13.0. The molecular formula is C16H18F3NO3. The van der Waals surface area contributed by atoms with E-state index in [0.717, 1.165) is 29.8 Å². The van der Waals surface area contributed by atoms with Gasteiger partial charge in [0.2, 0.25) is 0 Å². The highest BCUT2D eigenvalue weighted by Crippen LogP contribution is 2.29. The summed E-state index contributed by atoms with van der Waals surface area (Å²) in [5.41, 5.74) is 0.148. The van der Waals surface area contributed by atoms with Gasteiger partial charge in [-0.05, 0) is 44.5 Å². The number of amides is 1. The fraction of sp³-hybridized carbons (Fsp3) is 0.375. The van der Waals surface area contributed by atoms with E-state index >= 15 is 0 Å². The number of ether oxygens (including phenoxy) is 1. The Kier molecular flexibility index (Phi) is 6.36. The molecule has 126 valence electrons. The van der Waals surface area contributed by atoms with Gasteiger partial charge in [0.05, 0.1) is 12.7 Å². The molecule has 7 heteroatoms. The molecule has 0 aliphatic rings. The van der Waals surface area contributed by atoms with Crippen LogP contribution in [0, 0.1) is 0 Å². The molecule has 1 atom stereocenters. The summed E-state index contributed by atoms with van der Waals surface area (Å²) in [6.07, 6.45) is -2.47. The van der Waals surface area contributed by atoms with Crippen LogP contribution in [0.5, 0.6) is 0 Å². The van der Waals surface area contributed by atoms with Crippen molar-refractivity contribution in [3.63, 3.8) is 0 Å². The largest absolute Gasteiger partial charge is 0.467 e. The normalized spacial score (nSPS) is 12.3. The maximum atomic E-state index is 12.5. The SMILES string of the molecule is COC(=O)[C@H](CC=C(C)C)NC(=O)c1ccc(C(F)(F)F)cc1. The smallest absolute Gasteiger partial charge is 0.416 e. The molecule has 0 heterocycles. The van der Waals surface area contributed by atoms with E-state index in [-0.39, 0.29) is 12.0 Å². The monoisotopic (exact) mass is 329 g/mol. The van der Waals surface area contributed by atoms with Crippen molar-refractivity contribution >= 4 is 11.9 Å². The molecule has 1 aromatic carbocycles. The molecule has 23 heavy (non-hydrogen) atoms. The molecule has 0 aromatic heterocycles. The van der Waals surface area contributed by atoms with Crippen molar-refractivity contribution in [3.8, 4) is 0 Å². The second-order valence-corrected chi connectivity index (χ2v) is 5.14. The van der Waals surface area contributed by atoms with Gasteiger partial charge in [0.1, 0.15) is 6.04 Å². The van der Waals surface area contributed by atoms with Gasteiger partial charge < -0.3 is 10.1 Å². The van der Waals surface area contributed by atoms with E-state index in [0.29, 0.717) is 0 Å². The summed E-state index contributed by atoms with van der Waals surface area (Å²) in [4.78, 5) is 23.7. The maximum Gasteiger partial charge on any atom is 0.416 e. The highest BCUT2D eigenvalue weighted by atomic mass is 19.4. The number of nitrogens with one attached hydrogen (secondary N) is 1. The van der Waals surface area contributed by atoms with Crippen LogP contribution in [0.2, 0.25) is 0 Å². The second kappa shape index (κ2) is 7.80. The van der Waals surface area contributed by atoms with Crippen LogP contribution >= 0.6 is 0 Å². The van der Waals surface area contributed by atoms with Crippen LogP contribution in [0.25, 0.3) is 0 Å². The van der Waals surface area contributed by atoms with Crippen molar-refractivity contribution in [2.75, 3.05) is 7.11 Å². The summed E-state index contributed by atoms with van der Waals surface area (Å²) in [5, 5.41) is 2.46. The molecule has 1 amide bonds. The second-order valence-electron chi connectivity index (χ2n) is 5.14. The first-order chi connectivity index (χ1) is 10.6. The number of esters is 1. The summed E-state index contributed by atoms with van der Waals surface area (Å²) >= 11 is 0. The zero-order valence-electron chi connectivity index (χ0n) is 13.0. The molecular weight excluding hydrogens is 311 g/mol. The molecule has 0 saturated carbocycles. The number of hydrogen-bond donors (Lipinski definition) is 1. The summed E-state index contributed by atoms with van der Waals surface area (Å²) in [6, 6.07) is 2.86. The Hall–Kier alpha value is -2.31. The van der Waals surface area contributed by atoms with E-state index in [1.807, 2.05) is 13.8 Å². The third-order valence-corrected chi connectivity index (χ3v) is 3.03.